The molecule has 3 heteroatoms. The van der Waals surface area contributed by atoms with Crippen molar-refractivity contribution in [3.8, 4) is 0 Å². The summed E-state index contributed by atoms with van der Waals surface area (Å²) < 4.78 is 1.30. The second-order valence-corrected chi connectivity index (χ2v) is 4.45. The van der Waals surface area contributed by atoms with Crippen molar-refractivity contribution in [2.75, 3.05) is 11.5 Å². The molecule has 0 amide bonds. The molecule has 2 aromatic rings. The summed E-state index contributed by atoms with van der Waals surface area (Å²) >= 11 is 1.02. The Hall–Kier alpha value is -0.700. The summed E-state index contributed by atoms with van der Waals surface area (Å²) in [4.78, 5) is 0. The van der Waals surface area contributed by atoms with E-state index in [-0.39, 0.29) is 0 Å². The minimum absolute atomic E-state index is 0.761. The summed E-state index contributed by atoms with van der Waals surface area (Å²) in [6.45, 7) is 0. The average molecular weight is 180 g/mol. The molecule has 0 heterocycles. The number of hydrogen-bond acceptors (Lipinski definition) is 2. The van der Waals surface area contributed by atoms with Crippen LogP contribution in [0.25, 0.3) is 10.8 Å². The first-order chi connectivity index (χ1) is 6.18. The van der Waals surface area contributed by atoms with Crippen molar-refractivity contribution < 1.29 is 0 Å². The molecule has 2 aromatic carbocycles. The molecule has 0 spiro atoms. The van der Waals surface area contributed by atoms with Crippen LogP contribution in [0.2, 0.25) is 0 Å². The summed E-state index contributed by atoms with van der Waals surface area (Å²) in [7, 11) is 0. The molecule has 0 aliphatic rings. The van der Waals surface area contributed by atoms with Crippen molar-refractivity contribution in [3.63, 3.8) is 0 Å². The van der Waals surface area contributed by atoms with Gasteiger partial charge in [-0.25, -0.2) is 0 Å². The molecule has 0 aromatic heterocycles. The van der Waals surface area contributed by atoms with Gasteiger partial charge in [-0.15, -0.1) is 0 Å². The van der Waals surface area contributed by atoms with Gasteiger partial charge in [0.1, 0.15) is 0 Å². The minimum atomic E-state index is 0.761. The summed E-state index contributed by atoms with van der Waals surface area (Å²) in [5.74, 6) is 0. The second-order valence-electron chi connectivity index (χ2n) is 3.30. The Morgan fingerprint density at radius 3 is 2.54 bits per heavy atom. The Morgan fingerprint density at radius 2 is 1.77 bits per heavy atom. The molecule has 0 aliphatic carbocycles. The van der Waals surface area contributed by atoms with E-state index in [0.29, 0.717) is 0 Å². The molecule has 2 nitrogen and oxygen atoms in total. The maximum atomic E-state index is 5.90. The molecule has 13 heavy (non-hydrogen) atoms. The Bertz CT molecular complexity index is 466. The normalized spacial score (nSPS) is 10.6. The van der Waals surface area contributed by atoms with Gasteiger partial charge in [-0.1, -0.05) is 0 Å². The number of fused-ring (bicyclic) bond motifs is 1. The number of rotatable bonds is 0. The molecular formula is C10H9N2Na. The first kappa shape index (κ1) is 8.88. The third-order valence-corrected chi connectivity index (χ3v) is 2.76. The second kappa shape index (κ2) is 3.22. The van der Waals surface area contributed by atoms with E-state index in [9.17, 15) is 0 Å². The number of benzene rings is 2. The van der Waals surface area contributed by atoms with Gasteiger partial charge in [0.15, 0.2) is 0 Å². The van der Waals surface area contributed by atoms with E-state index in [1.165, 1.54) is 2.81 Å². The van der Waals surface area contributed by atoms with Gasteiger partial charge < -0.3 is 0 Å². The molecule has 0 saturated heterocycles. The van der Waals surface area contributed by atoms with Crippen LogP contribution in [-0.2, 0) is 0 Å². The van der Waals surface area contributed by atoms with Crippen LogP contribution in [0.1, 0.15) is 0 Å². The number of hydrogen-bond donors (Lipinski definition) is 2. The molecule has 2 rings (SSSR count). The van der Waals surface area contributed by atoms with Gasteiger partial charge in [-0.3, -0.25) is 0 Å². The topological polar surface area (TPSA) is 52.0 Å². The van der Waals surface area contributed by atoms with Gasteiger partial charge in [0, 0.05) is 0 Å². The Balaban J connectivity index is 2.94. The molecular weight excluding hydrogens is 171 g/mol. The monoisotopic (exact) mass is 180 g/mol. The summed E-state index contributed by atoms with van der Waals surface area (Å²) in [6.07, 6.45) is 0. The van der Waals surface area contributed by atoms with Gasteiger partial charge in [0.05, 0.1) is 0 Å². The van der Waals surface area contributed by atoms with Crippen molar-refractivity contribution in [1.82, 2.24) is 0 Å². The number of anilines is 2. The third-order valence-electron chi connectivity index (χ3n) is 2.18. The van der Waals surface area contributed by atoms with E-state index in [4.69, 9.17) is 11.5 Å². The van der Waals surface area contributed by atoms with Crippen LogP contribution in [-0.4, -0.2) is 27.9 Å². The van der Waals surface area contributed by atoms with Crippen LogP contribution in [0.5, 0.6) is 0 Å². The van der Waals surface area contributed by atoms with Crippen LogP contribution >= 0.6 is 0 Å². The number of nitrogens with two attached hydrogens (primary N) is 2. The zero-order valence-corrected chi connectivity index (χ0v) is 9.54. The standard InChI is InChI=1S/C10H9N2.Na/c11-8-5-1-3-7-4-2-6-9(12)10(7)8;/h1,3-6H,11-12H2;. The predicted molar refractivity (Wildman–Crippen MR) is 58.2 cm³/mol. The van der Waals surface area contributed by atoms with Gasteiger partial charge in [0.25, 0.3) is 0 Å². The Labute approximate surface area is 94.3 Å². The first-order valence-corrected chi connectivity index (χ1v) is 5.23. The molecule has 0 aliphatic heterocycles. The van der Waals surface area contributed by atoms with Crippen LogP contribution in [0, 0.1) is 0 Å². The fraction of sp³-hybridized carbons (Fsp3) is 0. The Kier molecular flexibility index (Phi) is 2.20. The Morgan fingerprint density at radius 1 is 1.00 bits per heavy atom. The summed E-state index contributed by atoms with van der Waals surface area (Å²) in [5, 5.41) is 2.13. The molecule has 0 saturated carbocycles. The van der Waals surface area contributed by atoms with E-state index >= 15 is 0 Å². The summed E-state index contributed by atoms with van der Waals surface area (Å²) in [6, 6.07) is 10.0. The zero-order chi connectivity index (χ0) is 9.42. The molecule has 0 atom stereocenters. The van der Waals surface area contributed by atoms with Crippen LogP contribution in [0.3, 0.4) is 0 Å². The van der Waals surface area contributed by atoms with Crippen molar-refractivity contribution >= 4 is 52.9 Å². The fourth-order valence-corrected chi connectivity index (χ4v) is 2.27. The molecule has 0 unspecified atom stereocenters. The van der Waals surface area contributed by atoms with Crippen LogP contribution < -0.4 is 14.3 Å². The molecule has 0 radical (unpaired) electrons. The van der Waals surface area contributed by atoms with Gasteiger partial charge in [-0.05, 0) is 0 Å². The van der Waals surface area contributed by atoms with Gasteiger partial charge >= 0.3 is 94.7 Å². The molecule has 0 fully saturated rings. The molecule has 4 N–H and O–H groups in total. The zero-order valence-electron chi connectivity index (χ0n) is 7.54. The van der Waals surface area contributed by atoms with E-state index in [1.54, 1.807) is 0 Å². The average Bonchev–Trinajstić information content (AvgIpc) is 2.02. The number of nitrogen functional groups attached to an aromatic ring is 2. The van der Waals surface area contributed by atoms with E-state index in [1.807, 2.05) is 24.3 Å². The van der Waals surface area contributed by atoms with E-state index in [0.717, 1.165) is 50.1 Å². The third kappa shape index (κ3) is 1.53. The maximum absolute atomic E-state index is 5.90. The van der Waals surface area contributed by atoms with Crippen molar-refractivity contribution in [1.29, 1.82) is 0 Å². The van der Waals surface area contributed by atoms with E-state index in [2.05, 4.69) is 6.07 Å². The van der Waals surface area contributed by atoms with E-state index < -0.39 is 0 Å². The van der Waals surface area contributed by atoms with Gasteiger partial charge in [0.2, 0.25) is 0 Å². The first-order valence-electron chi connectivity index (χ1n) is 4.23. The quantitative estimate of drug-likeness (QED) is 0.465. The summed E-state index contributed by atoms with van der Waals surface area (Å²) in [5.41, 5.74) is 13.3. The predicted octanol–water partition coefficient (Wildman–Crippen LogP) is 0.798. The van der Waals surface area contributed by atoms with Crippen molar-refractivity contribution in [2.45, 2.75) is 0 Å². The molecule has 0 bridgehead atoms. The van der Waals surface area contributed by atoms with Crippen LogP contribution in [0.4, 0.5) is 11.4 Å². The SMILES string of the molecule is Nc1cccc2c[c]([Na])cc(N)c12. The van der Waals surface area contributed by atoms with Crippen LogP contribution in [0.15, 0.2) is 30.3 Å². The molecule has 60 valence electrons. The van der Waals surface area contributed by atoms with Crippen molar-refractivity contribution in [2.24, 2.45) is 0 Å². The fourth-order valence-electron chi connectivity index (χ4n) is 1.65. The van der Waals surface area contributed by atoms with Crippen molar-refractivity contribution in [3.05, 3.63) is 30.3 Å². The van der Waals surface area contributed by atoms with Gasteiger partial charge in [-0.2, -0.15) is 0 Å².